The summed E-state index contributed by atoms with van der Waals surface area (Å²) < 4.78 is 1.59. The van der Waals surface area contributed by atoms with Crippen molar-refractivity contribution < 1.29 is 9.90 Å². The van der Waals surface area contributed by atoms with E-state index in [1.165, 1.54) is 12.4 Å². The van der Waals surface area contributed by atoms with E-state index in [0.717, 1.165) is 5.56 Å². The van der Waals surface area contributed by atoms with E-state index in [1.54, 1.807) is 35.8 Å². The maximum absolute atomic E-state index is 12.2. The van der Waals surface area contributed by atoms with Crippen molar-refractivity contribution in [2.45, 2.75) is 13.8 Å². The number of aromatic nitrogens is 4. The van der Waals surface area contributed by atoms with Crippen LogP contribution in [-0.4, -0.2) is 30.5 Å². The third-order valence-electron chi connectivity index (χ3n) is 4.76. The van der Waals surface area contributed by atoms with Gasteiger partial charge in [0.2, 0.25) is 0 Å². The van der Waals surface area contributed by atoms with Gasteiger partial charge in [0.25, 0.3) is 5.91 Å². The molecule has 4 rings (SSSR count). The van der Waals surface area contributed by atoms with Gasteiger partial charge in [0, 0.05) is 11.8 Å². The molecule has 1 amide bonds. The zero-order valence-corrected chi connectivity index (χ0v) is 16.4. The van der Waals surface area contributed by atoms with Crippen molar-refractivity contribution in [1.29, 1.82) is 0 Å². The van der Waals surface area contributed by atoms with E-state index in [1.807, 2.05) is 6.92 Å². The number of phenols is 1. The number of rotatable bonds is 3. The molecule has 29 heavy (non-hydrogen) atoms. The minimum atomic E-state index is -0.725. The summed E-state index contributed by atoms with van der Waals surface area (Å²) in [7, 11) is 0. The average Bonchev–Trinajstić information content (AvgIpc) is 2.97. The summed E-state index contributed by atoms with van der Waals surface area (Å²) in [4.78, 5) is 25.5. The lowest BCUT2D eigenvalue weighted by atomic mass is 10.1. The van der Waals surface area contributed by atoms with E-state index in [9.17, 15) is 9.90 Å². The molecule has 4 aromatic rings. The molecule has 5 N–H and O–H groups in total. The molecule has 0 bridgehead atoms. The summed E-state index contributed by atoms with van der Waals surface area (Å²) in [5, 5.41) is 10.7. The van der Waals surface area contributed by atoms with Crippen molar-refractivity contribution in [2.75, 3.05) is 5.73 Å². The predicted octanol–water partition coefficient (Wildman–Crippen LogP) is 3.14. The van der Waals surface area contributed by atoms with Gasteiger partial charge in [0.05, 0.1) is 22.6 Å². The lowest BCUT2D eigenvalue weighted by Gasteiger charge is -2.15. The van der Waals surface area contributed by atoms with Gasteiger partial charge in [-0.1, -0.05) is 17.7 Å². The molecule has 0 unspecified atom stereocenters. The number of halogens is 1. The highest BCUT2D eigenvalue weighted by molar-refractivity contribution is 6.30. The highest BCUT2D eigenvalue weighted by Crippen LogP contribution is 2.35. The number of hydrogen-bond donors (Lipinski definition) is 3. The molecule has 0 aliphatic rings. The summed E-state index contributed by atoms with van der Waals surface area (Å²) in [5.41, 5.74) is 15.6. The second-order valence-electron chi connectivity index (χ2n) is 6.62. The number of primary amides is 1. The van der Waals surface area contributed by atoms with E-state index in [-0.39, 0.29) is 22.6 Å². The van der Waals surface area contributed by atoms with Gasteiger partial charge in [-0.05, 0) is 37.6 Å². The highest BCUT2D eigenvalue weighted by atomic mass is 35.5. The first kappa shape index (κ1) is 18.7. The molecule has 0 spiro atoms. The quantitative estimate of drug-likeness (QED) is 0.477. The van der Waals surface area contributed by atoms with Gasteiger partial charge in [-0.3, -0.25) is 14.3 Å². The van der Waals surface area contributed by atoms with Crippen molar-refractivity contribution in [2.24, 2.45) is 5.73 Å². The molecule has 0 saturated carbocycles. The molecule has 146 valence electrons. The molecule has 3 heterocycles. The number of carbonyl (C=O) groups is 1. The summed E-state index contributed by atoms with van der Waals surface area (Å²) in [5.74, 6) is -0.523. The monoisotopic (exact) mass is 408 g/mol. The normalized spacial score (nSPS) is 11.1. The van der Waals surface area contributed by atoms with Gasteiger partial charge in [-0.25, -0.2) is 9.97 Å². The Morgan fingerprint density at radius 2 is 1.86 bits per heavy atom. The fourth-order valence-electron chi connectivity index (χ4n) is 3.35. The molecule has 0 atom stereocenters. The van der Waals surface area contributed by atoms with Crippen LogP contribution in [-0.2, 0) is 0 Å². The molecule has 3 aromatic heterocycles. The number of anilines is 1. The molecule has 8 nitrogen and oxygen atoms in total. The van der Waals surface area contributed by atoms with E-state index >= 15 is 0 Å². The number of hydrogen-bond acceptors (Lipinski definition) is 6. The Morgan fingerprint density at radius 1 is 1.10 bits per heavy atom. The Labute approximate surface area is 170 Å². The number of aryl methyl sites for hydroxylation is 1. The van der Waals surface area contributed by atoms with Gasteiger partial charge < -0.3 is 16.6 Å². The third kappa shape index (κ3) is 2.94. The van der Waals surface area contributed by atoms with Crippen molar-refractivity contribution in [1.82, 2.24) is 19.5 Å². The second-order valence-corrected chi connectivity index (χ2v) is 7.06. The average molecular weight is 409 g/mol. The van der Waals surface area contributed by atoms with Crippen LogP contribution in [0.3, 0.4) is 0 Å². The molecule has 9 heteroatoms. The van der Waals surface area contributed by atoms with Gasteiger partial charge in [0.15, 0.2) is 5.65 Å². The topological polar surface area (TPSA) is 133 Å². The van der Waals surface area contributed by atoms with Crippen molar-refractivity contribution in [3.05, 3.63) is 58.4 Å². The molecular weight excluding hydrogens is 392 g/mol. The van der Waals surface area contributed by atoms with Crippen LogP contribution < -0.4 is 11.5 Å². The van der Waals surface area contributed by atoms with Crippen LogP contribution in [0.15, 0.2) is 36.7 Å². The molecular formula is C20H17ClN6O2. The summed E-state index contributed by atoms with van der Waals surface area (Å²) in [6.07, 6.45) is 3.03. The number of phenolic OH excluding ortho intramolecular Hbond substituents is 1. The van der Waals surface area contributed by atoms with Crippen molar-refractivity contribution in [3.63, 3.8) is 0 Å². The lowest BCUT2D eigenvalue weighted by molar-refractivity contribution is 0.100. The number of aromatic hydroxyl groups is 1. The van der Waals surface area contributed by atoms with Gasteiger partial charge in [-0.2, -0.15) is 0 Å². The number of carbonyl (C=O) groups excluding carboxylic acids is 1. The fourth-order valence-corrected chi connectivity index (χ4v) is 3.46. The fraction of sp³-hybridized carbons (Fsp3) is 0.100. The molecule has 0 radical (unpaired) electrons. The minimum Gasteiger partial charge on any atom is -0.508 e. The standard InChI is InChI=1S/C20H17ClN6O2/c1-9-3-6-14(28)10(2)17(9)27-18(22)15(19(23)29)16-20(27)25-8-13(26-16)12-5-4-11(21)7-24-12/h3-8,28H,22H2,1-2H3,(H2,23,29). The Kier molecular flexibility index (Phi) is 4.35. The first-order valence-electron chi connectivity index (χ1n) is 8.67. The number of fused-ring (bicyclic) bond motifs is 1. The number of pyridine rings is 1. The smallest absolute Gasteiger partial charge is 0.254 e. The summed E-state index contributed by atoms with van der Waals surface area (Å²) in [6, 6.07) is 6.74. The lowest BCUT2D eigenvalue weighted by Crippen LogP contribution is -2.14. The number of nitrogens with two attached hydrogens (primary N) is 2. The van der Waals surface area contributed by atoms with Crippen LogP contribution >= 0.6 is 11.6 Å². The maximum atomic E-state index is 12.2. The molecule has 0 saturated heterocycles. The van der Waals surface area contributed by atoms with Gasteiger partial charge in [-0.15, -0.1) is 0 Å². The number of nitrogen functional groups attached to an aromatic ring is 1. The van der Waals surface area contributed by atoms with E-state index in [0.29, 0.717) is 33.3 Å². The van der Waals surface area contributed by atoms with Crippen molar-refractivity contribution in [3.8, 4) is 22.8 Å². The van der Waals surface area contributed by atoms with E-state index in [4.69, 9.17) is 23.1 Å². The summed E-state index contributed by atoms with van der Waals surface area (Å²) >= 11 is 5.90. The minimum absolute atomic E-state index is 0.0606. The SMILES string of the molecule is Cc1ccc(O)c(C)c1-n1c(N)c(C(N)=O)c2nc(-c3ccc(Cl)cn3)cnc21. The van der Waals surface area contributed by atoms with Gasteiger partial charge >= 0.3 is 0 Å². The Morgan fingerprint density at radius 3 is 2.52 bits per heavy atom. The predicted molar refractivity (Wildman–Crippen MR) is 111 cm³/mol. The Hall–Kier alpha value is -3.65. The number of amides is 1. The molecule has 0 aliphatic carbocycles. The third-order valence-corrected chi connectivity index (χ3v) is 4.99. The first-order chi connectivity index (χ1) is 13.8. The largest absolute Gasteiger partial charge is 0.508 e. The first-order valence-corrected chi connectivity index (χ1v) is 9.05. The van der Waals surface area contributed by atoms with Crippen molar-refractivity contribution >= 4 is 34.5 Å². The summed E-state index contributed by atoms with van der Waals surface area (Å²) in [6.45, 7) is 3.63. The Bertz CT molecular complexity index is 1280. The highest BCUT2D eigenvalue weighted by Gasteiger charge is 2.25. The zero-order valence-electron chi connectivity index (χ0n) is 15.6. The van der Waals surface area contributed by atoms with Gasteiger partial charge in [0.1, 0.15) is 28.3 Å². The maximum Gasteiger partial charge on any atom is 0.254 e. The molecule has 0 fully saturated rings. The second kappa shape index (κ2) is 6.75. The van der Waals surface area contributed by atoms with Crippen LogP contribution in [0.1, 0.15) is 21.5 Å². The zero-order chi connectivity index (χ0) is 20.9. The van der Waals surface area contributed by atoms with Crippen LogP contribution in [0, 0.1) is 13.8 Å². The van der Waals surface area contributed by atoms with Crippen LogP contribution in [0.25, 0.3) is 28.2 Å². The number of benzene rings is 1. The number of nitrogens with zero attached hydrogens (tertiary/aromatic N) is 4. The molecule has 1 aromatic carbocycles. The van der Waals surface area contributed by atoms with E-state index in [2.05, 4.69) is 15.0 Å². The van der Waals surface area contributed by atoms with Crippen LogP contribution in [0.2, 0.25) is 5.02 Å². The molecule has 0 aliphatic heterocycles. The van der Waals surface area contributed by atoms with Crippen LogP contribution in [0.5, 0.6) is 5.75 Å². The van der Waals surface area contributed by atoms with E-state index < -0.39 is 5.91 Å². The van der Waals surface area contributed by atoms with Crippen LogP contribution in [0.4, 0.5) is 5.82 Å². The Balaban J connectivity index is 2.06.